The molecule has 3 rings (SSSR count). The van der Waals surface area contributed by atoms with E-state index >= 15 is 0 Å². The van der Waals surface area contributed by atoms with Gasteiger partial charge in [-0.25, -0.2) is 4.79 Å². The van der Waals surface area contributed by atoms with Crippen molar-refractivity contribution in [2.75, 3.05) is 0 Å². The summed E-state index contributed by atoms with van der Waals surface area (Å²) in [4.78, 5) is 16.8. The van der Waals surface area contributed by atoms with E-state index in [1.165, 1.54) is 0 Å². The zero-order valence-electron chi connectivity index (χ0n) is 12.7. The van der Waals surface area contributed by atoms with Crippen LogP contribution in [0.15, 0.2) is 71.5 Å². The van der Waals surface area contributed by atoms with Gasteiger partial charge in [0.1, 0.15) is 0 Å². The van der Waals surface area contributed by atoms with Crippen LogP contribution < -0.4 is 5.69 Å². The van der Waals surface area contributed by atoms with Crippen molar-refractivity contribution in [3.63, 3.8) is 0 Å². The highest BCUT2D eigenvalue weighted by molar-refractivity contribution is 5.67. The van der Waals surface area contributed by atoms with E-state index in [1.807, 2.05) is 80.6 Å². The molecule has 1 aromatic heterocycles. The SMILES string of the molecule is CC(C)n1c(-c2ccccc2)cc(-c2ccccc2)nc1=O. The third kappa shape index (κ3) is 2.70. The molecule has 3 heteroatoms. The van der Waals surface area contributed by atoms with E-state index in [-0.39, 0.29) is 11.7 Å². The highest BCUT2D eigenvalue weighted by Gasteiger charge is 2.13. The van der Waals surface area contributed by atoms with Gasteiger partial charge in [0, 0.05) is 11.6 Å². The number of nitrogens with zero attached hydrogens (tertiary/aromatic N) is 2. The van der Waals surface area contributed by atoms with Gasteiger partial charge in [-0.1, -0.05) is 60.7 Å². The number of rotatable bonds is 3. The summed E-state index contributed by atoms with van der Waals surface area (Å²) in [6.07, 6.45) is 0. The maximum absolute atomic E-state index is 12.5. The van der Waals surface area contributed by atoms with Crippen LogP contribution in [0.5, 0.6) is 0 Å². The largest absolute Gasteiger partial charge is 0.348 e. The number of hydrogen-bond acceptors (Lipinski definition) is 2. The predicted molar refractivity (Wildman–Crippen MR) is 89.8 cm³/mol. The van der Waals surface area contributed by atoms with Crippen LogP contribution in [0.25, 0.3) is 22.5 Å². The minimum absolute atomic E-state index is 0.0556. The molecule has 0 fully saturated rings. The normalized spacial score (nSPS) is 10.9. The molecule has 0 radical (unpaired) electrons. The third-order valence-corrected chi connectivity index (χ3v) is 3.61. The van der Waals surface area contributed by atoms with Gasteiger partial charge >= 0.3 is 5.69 Å². The number of aromatic nitrogens is 2. The minimum atomic E-state index is -0.213. The van der Waals surface area contributed by atoms with Gasteiger partial charge in [0.15, 0.2) is 0 Å². The number of benzene rings is 2. The predicted octanol–water partition coefficient (Wildman–Crippen LogP) is 4.16. The first kappa shape index (κ1) is 14.3. The van der Waals surface area contributed by atoms with Crippen molar-refractivity contribution < 1.29 is 0 Å². The van der Waals surface area contributed by atoms with Crippen molar-refractivity contribution in [2.24, 2.45) is 0 Å². The maximum Gasteiger partial charge on any atom is 0.348 e. The molecule has 0 unspecified atom stereocenters. The van der Waals surface area contributed by atoms with Crippen molar-refractivity contribution in [3.8, 4) is 22.5 Å². The number of hydrogen-bond donors (Lipinski definition) is 0. The van der Waals surface area contributed by atoms with E-state index in [1.54, 1.807) is 4.57 Å². The molecule has 0 spiro atoms. The maximum atomic E-state index is 12.5. The first-order chi connectivity index (χ1) is 10.7. The van der Waals surface area contributed by atoms with Gasteiger partial charge in [-0.05, 0) is 25.5 Å². The summed E-state index contributed by atoms with van der Waals surface area (Å²) in [6, 6.07) is 21.8. The van der Waals surface area contributed by atoms with Crippen molar-refractivity contribution in [2.45, 2.75) is 19.9 Å². The molecule has 110 valence electrons. The lowest BCUT2D eigenvalue weighted by Gasteiger charge is -2.17. The quantitative estimate of drug-likeness (QED) is 0.726. The van der Waals surface area contributed by atoms with Crippen LogP contribution in [-0.4, -0.2) is 9.55 Å². The van der Waals surface area contributed by atoms with Crippen LogP contribution in [0.3, 0.4) is 0 Å². The second-order valence-electron chi connectivity index (χ2n) is 5.50. The molecule has 3 nitrogen and oxygen atoms in total. The fourth-order valence-electron chi connectivity index (χ4n) is 2.58. The Kier molecular flexibility index (Phi) is 3.88. The molecule has 0 bridgehead atoms. The minimum Gasteiger partial charge on any atom is -0.289 e. The Morgan fingerprint density at radius 2 is 1.41 bits per heavy atom. The molecule has 0 N–H and O–H groups in total. The van der Waals surface area contributed by atoms with Crippen molar-refractivity contribution >= 4 is 0 Å². The molecule has 0 amide bonds. The molecule has 0 saturated carbocycles. The van der Waals surface area contributed by atoms with Crippen molar-refractivity contribution in [3.05, 3.63) is 77.2 Å². The topological polar surface area (TPSA) is 34.9 Å². The van der Waals surface area contributed by atoms with Gasteiger partial charge in [-0.3, -0.25) is 4.57 Å². The zero-order valence-corrected chi connectivity index (χ0v) is 12.7. The molecule has 0 atom stereocenters. The Hall–Kier alpha value is -2.68. The summed E-state index contributed by atoms with van der Waals surface area (Å²) in [6.45, 7) is 4.00. The Balaban J connectivity index is 2.26. The van der Waals surface area contributed by atoms with Crippen molar-refractivity contribution in [1.82, 2.24) is 9.55 Å². The van der Waals surface area contributed by atoms with Crippen molar-refractivity contribution in [1.29, 1.82) is 0 Å². The van der Waals surface area contributed by atoms with E-state index in [2.05, 4.69) is 4.98 Å². The Morgan fingerprint density at radius 1 is 0.864 bits per heavy atom. The molecule has 0 aliphatic rings. The molecule has 0 aliphatic carbocycles. The van der Waals surface area contributed by atoms with E-state index in [4.69, 9.17) is 0 Å². The van der Waals surface area contributed by atoms with Crippen LogP contribution >= 0.6 is 0 Å². The smallest absolute Gasteiger partial charge is 0.289 e. The fourth-order valence-corrected chi connectivity index (χ4v) is 2.58. The van der Waals surface area contributed by atoms with E-state index < -0.39 is 0 Å². The molecule has 2 aromatic carbocycles. The lowest BCUT2D eigenvalue weighted by atomic mass is 10.1. The molecular weight excluding hydrogens is 272 g/mol. The molecule has 0 aliphatic heterocycles. The lowest BCUT2D eigenvalue weighted by molar-refractivity contribution is 0.571. The van der Waals surface area contributed by atoms with Gasteiger partial charge in [0.25, 0.3) is 0 Å². The molecule has 22 heavy (non-hydrogen) atoms. The standard InChI is InChI=1S/C19H18N2O/c1-14(2)21-18(16-11-7-4-8-12-16)13-17(20-19(21)22)15-9-5-3-6-10-15/h3-14H,1-2H3. The van der Waals surface area contributed by atoms with Crippen LogP contribution in [0.1, 0.15) is 19.9 Å². The molecular formula is C19H18N2O. The lowest BCUT2D eigenvalue weighted by Crippen LogP contribution is -2.26. The Labute approximate surface area is 129 Å². The summed E-state index contributed by atoms with van der Waals surface area (Å²) in [5.41, 5.74) is 3.37. The highest BCUT2D eigenvalue weighted by atomic mass is 16.1. The third-order valence-electron chi connectivity index (χ3n) is 3.61. The second-order valence-corrected chi connectivity index (χ2v) is 5.50. The average Bonchev–Trinajstić information content (AvgIpc) is 2.55. The van der Waals surface area contributed by atoms with Crippen LogP contribution in [-0.2, 0) is 0 Å². The summed E-state index contributed by atoms with van der Waals surface area (Å²) < 4.78 is 1.74. The monoisotopic (exact) mass is 290 g/mol. The molecule has 1 heterocycles. The van der Waals surface area contributed by atoms with Gasteiger partial charge in [-0.15, -0.1) is 0 Å². The van der Waals surface area contributed by atoms with Crippen LogP contribution in [0.2, 0.25) is 0 Å². The van der Waals surface area contributed by atoms with E-state index in [9.17, 15) is 4.79 Å². The summed E-state index contributed by atoms with van der Waals surface area (Å²) in [5.74, 6) is 0. The van der Waals surface area contributed by atoms with Gasteiger partial charge < -0.3 is 0 Å². The van der Waals surface area contributed by atoms with Gasteiger partial charge in [0.2, 0.25) is 0 Å². The fraction of sp³-hybridized carbons (Fsp3) is 0.158. The summed E-state index contributed by atoms with van der Waals surface area (Å²) >= 11 is 0. The zero-order chi connectivity index (χ0) is 15.5. The average molecular weight is 290 g/mol. The molecule has 0 saturated heterocycles. The van der Waals surface area contributed by atoms with Crippen LogP contribution in [0, 0.1) is 0 Å². The Bertz CT molecular complexity index is 821. The molecule has 3 aromatic rings. The van der Waals surface area contributed by atoms with Gasteiger partial charge in [-0.2, -0.15) is 4.98 Å². The summed E-state index contributed by atoms with van der Waals surface area (Å²) in [5, 5.41) is 0. The Morgan fingerprint density at radius 3 is 1.95 bits per heavy atom. The van der Waals surface area contributed by atoms with Gasteiger partial charge in [0.05, 0.1) is 11.4 Å². The van der Waals surface area contributed by atoms with Crippen LogP contribution in [0.4, 0.5) is 0 Å². The second kappa shape index (κ2) is 5.98. The summed E-state index contributed by atoms with van der Waals surface area (Å²) in [7, 11) is 0. The first-order valence-electron chi connectivity index (χ1n) is 7.41. The van der Waals surface area contributed by atoms with E-state index in [0.29, 0.717) is 5.69 Å². The first-order valence-corrected chi connectivity index (χ1v) is 7.41. The van der Waals surface area contributed by atoms with E-state index in [0.717, 1.165) is 16.8 Å². The highest BCUT2D eigenvalue weighted by Crippen LogP contribution is 2.25.